The Balaban J connectivity index is 2.99. The molecule has 0 amide bonds. The van der Waals surface area contributed by atoms with Crippen molar-refractivity contribution < 1.29 is 57.2 Å². The first kappa shape index (κ1) is 44.3. The molecule has 1 rings (SSSR count). The van der Waals surface area contributed by atoms with E-state index in [1.54, 1.807) is 20.8 Å². The maximum atomic E-state index is 13.3. The van der Waals surface area contributed by atoms with Crippen molar-refractivity contribution in [2.75, 3.05) is 19.8 Å². The lowest BCUT2D eigenvalue weighted by Gasteiger charge is -2.17. The Bertz CT molecular complexity index is 1410. The Morgan fingerprint density at radius 1 is 0.529 bits per heavy atom. The van der Waals surface area contributed by atoms with Crippen molar-refractivity contribution >= 4 is 35.8 Å². The fourth-order valence-electron chi connectivity index (χ4n) is 4.48. The molecule has 3 atom stereocenters. The molecular weight excluding hydrogens is 660 g/mol. The van der Waals surface area contributed by atoms with E-state index in [1.807, 2.05) is 20.8 Å². The van der Waals surface area contributed by atoms with E-state index in [0.717, 1.165) is 0 Å². The first-order chi connectivity index (χ1) is 24.1. The molecule has 0 aliphatic heterocycles. The predicted octanol–water partition coefficient (Wildman–Crippen LogP) is 7.19. The molecule has 12 nitrogen and oxygen atoms in total. The number of hydrogen-bond donors (Lipinski definition) is 0. The minimum absolute atomic E-state index is 0.0139. The molecule has 51 heavy (non-hydrogen) atoms. The van der Waals surface area contributed by atoms with Gasteiger partial charge >= 0.3 is 35.8 Å². The molecule has 0 aliphatic rings. The standard InChI is InChI=1S/C39H54O12/c1-10-29(49-34(40)25(4)5)16-13-21-46-37(43)28-19-20-32(38(44)47-22-14-17-30(11-2)50-35(41)26(6)7)33(24-28)39(45)48-23-15-18-31(12-3)51-36(42)27(8)9/h19-20,24,29-31H,4,6,8,10-18,21-23H2,1-3,5,7,9H3. The summed E-state index contributed by atoms with van der Waals surface area (Å²) < 4.78 is 32.4. The van der Waals surface area contributed by atoms with Gasteiger partial charge in [-0.1, -0.05) is 40.5 Å². The van der Waals surface area contributed by atoms with E-state index in [4.69, 9.17) is 28.4 Å². The molecule has 0 spiro atoms. The first-order valence-electron chi connectivity index (χ1n) is 17.4. The van der Waals surface area contributed by atoms with E-state index >= 15 is 0 Å². The third-order valence-electron chi connectivity index (χ3n) is 7.64. The van der Waals surface area contributed by atoms with Crippen LogP contribution in [0.2, 0.25) is 0 Å². The van der Waals surface area contributed by atoms with Crippen LogP contribution in [0.3, 0.4) is 0 Å². The second-order valence-electron chi connectivity index (χ2n) is 12.2. The minimum Gasteiger partial charge on any atom is -0.462 e. The lowest BCUT2D eigenvalue weighted by atomic mass is 10.0. The molecule has 0 fully saturated rings. The van der Waals surface area contributed by atoms with Crippen molar-refractivity contribution in [2.24, 2.45) is 0 Å². The van der Waals surface area contributed by atoms with Crippen molar-refractivity contribution in [3.05, 3.63) is 71.3 Å². The fraction of sp³-hybridized carbons (Fsp3) is 0.538. The monoisotopic (exact) mass is 714 g/mol. The molecule has 1 aromatic rings. The summed E-state index contributed by atoms with van der Waals surface area (Å²) >= 11 is 0. The average molecular weight is 715 g/mol. The van der Waals surface area contributed by atoms with Gasteiger partial charge in [-0.3, -0.25) is 0 Å². The largest absolute Gasteiger partial charge is 0.462 e. The smallest absolute Gasteiger partial charge is 0.339 e. The first-order valence-corrected chi connectivity index (χ1v) is 17.4. The summed E-state index contributed by atoms with van der Waals surface area (Å²) in [6, 6.07) is 3.87. The van der Waals surface area contributed by atoms with Gasteiger partial charge in [0.15, 0.2) is 0 Å². The predicted molar refractivity (Wildman–Crippen MR) is 190 cm³/mol. The van der Waals surface area contributed by atoms with Crippen molar-refractivity contribution in [2.45, 2.75) is 118 Å². The number of ether oxygens (including phenoxy) is 6. The Morgan fingerprint density at radius 2 is 0.863 bits per heavy atom. The van der Waals surface area contributed by atoms with Crippen LogP contribution < -0.4 is 0 Å². The lowest BCUT2D eigenvalue weighted by Crippen LogP contribution is -2.20. The molecule has 0 saturated carbocycles. The van der Waals surface area contributed by atoms with Gasteiger partial charge in [-0.25, -0.2) is 28.8 Å². The second kappa shape index (κ2) is 23.6. The lowest BCUT2D eigenvalue weighted by molar-refractivity contribution is -0.145. The summed E-state index contributed by atoms with van der Waals surface area (Å²) in [5.74, 6) is -3.86. The highest BCUT2D eigenvalue weighted by Gasteiger charge is 2.24. The highest BCUT2D eigenvalue weighted by atomic mass is 16.6. The van der Waals surface area contributed by atoms with Gasteiger partial charge in [-0.05, 0) is 96.8 Å². The molecule has 0 radical (unpaired) electrons. The highest BCUT2D eigenvalue weighted by Crippen LogP contribution is 2.19. The number of benzene rings is 1. The fourth-order valence-corrected chi connectivity index (χ4v) is 4.48. The number of hydrogen-bond acceptors (Lipinski definition) is 12. The van der Waals surface area contributed by atoms with Crippen LogP contribution in [0.5, 0.6) is 0 Å². The van der Waals surface area contributed by atoms with Gasteiger partial charge in [0.25, 0.3) is 0 Å². The van der Waals surface area contributed by atoms with E-state index in [2.05, 4.69) is 19.7 Å². The van der Waals surface area contributed by atoms with Gasteiger partial charge in [-0.2, -0.15) is 0 Å². The molecule has 0 aromatic heterocycles. The van der Waals surface area contributed by atoms with Gasteiger partial charge in [0.05, 0.1) is 36.5 Å². The van der Waals surface area contributed by atoms with E-state index < -0.39 is 35.8 Å². The summed E-state index contributed by atoms with van der Waals surface area (Å²) in [4.78, 5) is 74.9. The average Bonchev–Trinajstić information content (AvgIpc) is 3.10. The third-order valence-corrected chi connectivity index (χ3v) is 7.64. The van der Waals surface area contributed by atoms with Crippen molar-refractivity contribution in [1.29, 1.82) is 0 Å². The van der Waals surface area contributed by atoms with Gasteiger partial charge in [0, 0.05) is 16.7 Å². The van der Waals surface area contributed by atoms with Crippen molar-refractivity contribution in [1.82, 2.24) is 0 Å². The summed E-state index contributed by atoms with van der Waals surface area (Å²) in [6.45, 7) is 21.0. The molecule has 3 unspecified atom stereocenters. The highest BCUT2D eigenvalue weighted by molar-refractivity contribution is 6.05. The quantitative estimate of drug-likeness (QED) is 0.0460. The normalized spacial score (nSPS) is 12.4. The van der Waals surface area contributed by atoms with Gasteiger partial charge < -0.3 is 28.4 Å². The molecule has 0 bridgehead atoms. The Labute approximate surface area is 301 Å². The second-order valence-corrected chi connectivity index (χ2v) is 12.2. The van der Waals surface area contributed by atoms with Crippen LogP contribution >= 0.6 is 0 Å². The molecule has 0 heterocycles. The number of carbonyl (C=O) groups is 6. The van der Waals surface area contributed by atoms with E-state index in [9.17, 15) is 28.8 Å². The van der Waals surface area contributed by atoms with Crippen LogP contribution in [-0.2, 0) is 42.8 Å². The van der Waals surface area contributed by atoms with Gasteiger partial charge in [-0.15, -0.1) is 0 Å². The molecule has 0 aliphatic carbocycles. The van der Waals surface area contributed by atoms with E-state index in [-0.39, 0.29) is 66.0 Å². The van der Waals surface area contributed by atoms with Crippen LogP contribution in [0.4, 0.5) is 0 Å². The topological polar surface area (TPSA) is 158 Å². The van der Waals surface area contributed by atoms with Crippen LogP contribution in [0.1, 0.15) is 130 Å². The van der Waals surface area contributed by atoms with Gasteiger partial charge in [0.1, 0.15) is 18.3 Å². The van der Waals surface area contributed by atoms with Crippen LogP contribution in [0.15, 0.2) is 54.7 Å². The molecular formula is C39H54O12. The summed E-state index contributed by atoms with van der Waals surface area (Å²) in [5, 5.41) is 0. The molecule has 12 heteroatoms. The Morgan fingerprint density at radius 3 is 1.20 bits per heavy atom. The van der Waals surface area contributed by atoms with E-state index in [1.165, 1.54) is 18.2 Å². The number of carbonyl (C=O) groups excluding carboxylic acids is 6. The zero-order valence-electron chi connectivity index (χ0n) is 31.0. The molecule has 1 aromatic carbocycles. The van der Waals surface area contributed by atoms with Crippen molar-refractivity contribution in [3.8, 4) is 0 Å². The summed E-state index contributed by atoms with van der Waals surface area (Å²) in [6.07, 6.45) is 3.08. The summed E-state index contributed by atoms with van der Waals surface area (Å²) in [7, 11) is 0. The van der Waals surface area contributed by atoms with Crippen LogP contribution in [0.25, 0.3) is 0 Å². The molecule has 0 N–H and O–H groups in total. The van der Waals surface area contributed by atoms with Crippen LogP contribution in [-0.4, -0.2) is 73.9 Å². The number of esters is 6. The Kier molecular flexibility index (Phi) is 20.5. The SMILES string of the molecule is C=C(C)C(=O)OC(CC)CCCOC(=O)c1ccc(C(=O)OCCCC(CC)OC(=O)C(=C)C)c(C(=O)OCCCC(CC)OC(=O)C(=C)C)c1. The molecule has 0 saturated heterocycles. The van der Waals surface area contributed by atoms with Crippen molar-refractivity contribution in [3.63, 3.8) is 0 Å². The van der Waals surface area contributed by atoms with E-state index in [0.29, 0.717) is 63.4 Å². The number of rotatable bonds is 24. The van der Waals surface area contributed by atoms with Crippen LogP contribution in [0, 0.1) is 0 Å². The molecule has 282 valence electrons. The van der Waals surface area contributed by atoms with Gasteiger partial charge in [0.2, 0.25) is 0 Å². The summed E-state index contributed by atoms with van der Waals surface area (Å²) in [5.41, 5.74) is 0.585. The zero-order valence-corrected chi connectivity index (χ0v) is 31.0. The maximum Gasteiger partial charge on any atom is 0.339 e. The third kappa shape index (κ3) is 16.7. The maximum absolute atomic E-state index is 13.3. The zero-order chi connectivity index (χ0) is 38.5. The minimum atomic E-state index is -0.855. The Hall–Kier alpha value is -4.74.